The van der Waals surface area contributed by atoms with E-state index < -0.39 is 5.72 Å². The fraction of sp³-hybridized carbons (Fsp3) is 0.222. The third-order valence-electron chi connectivity index (χ3n) is 4.23. The molecular weight excluding hydrogens is 308 g/mol. The molecule has 0 bridgehead atoms. The van der Waals surface area contributed by atoms with Crippen molar-refractivity contribution in [2.24, 2.45) is 5.10 Å². The van der Waals surface area contributed by atoms with E-state index in [0.717, 1.165) is 10.6 Å². The van der Waals surface area contributed by atoms with Crippen molar-refractivity contribution >= 4 is 11.6 Å². The molecular formula is C18H16N2O4. The zero-order chi connectivity index (χ0) is 16.7. The molecule has 1 atom stereocenters. The zero-order valence-corrected chi connectivity index (χ0v) is 13.1. The molecule has 0 saturated heterocycles. The molecule has 4 rings (SSSR count). The molecule has 2 aliphatic rings. The van der Waals surface area contributed by atoms with Crippen LogP contribution in [0.5, 0.6) is 11.5 Å². The van der Waals surface area contributed by atoms with Crippen LogP contribution in [-0.4, -0.2) is 28.5 Å². The van der Waals surface area contributed by atoms with Gasteiger partial charge in [0.05, 0.1) is 5.71 Å². The summed E-state index contributed by atoms with van der Waals surface area (Å²) in [4.78, 5) is 12.0. The van der Waals surface area contributed by atoms with E-state index in [0.29, 0.717) is 22.8 Å². The second-order valence-corrected chi connectivity index (χ2v) is 5.80. The molecule has 2 aromatic carbocycles. The number of hydrazone groups is 1. The first-order valence-electron chi connectivity index (χ1n) is 7.64. The second-order valence-electron chi connectivity index (χ2n) is 5.80. The van der Waals surface area contributed by atoms with Gasteiger partial charge in [0.15, 0.2) is 17.2 Å². The summed E-state index contributed by atoms with van der Waals surface area (Å²) in [5, 5.41) is 16.7. The maximum absolute atomic E-state index is 12.0. The van der Waals surface area contributed by atoms with E-state index in [1.807, 2.05) is 30.3 Å². The number of ether oxygens (including phenoxy) is 2. The number of benzene rings is 2. The minimum absolute atomic E-state index is 0.152. The monoisotopic (exact) mass is 324 g/mol. The van der Waals surface area contributed by atoms with Gasteiger partial charge >= 0.3 is 0 Å². The summed E-state index contributed by atoms with van der Waals surface area (Å²) in [6.45, 7) is 1.54. The first-order valence-corrected chi connectivity index (χ1v) is 7.64. The van der Waals surface area contributed by atoms with E-state index in [4.69, 9.17) is 9.47 Å². The van der Waals surface area contributed by atoms with Crippen molar-refractivity contribution in [1.29, 1.82) is 0 Å². The Balaban J connectivity index is 1.75. The number of rotatable bonds is 2. The SMILES string of the molecule is CC(=O)N1N=C(c2ccccc2)CC1(O)c1ccc2c(c1)OCO2. The van der Waals surface area contributed by atoms with Crippen LogP contribution in [0.25, 0.3) is 0 Å². The summed E-state index contributed by atoms with van der Waals surface area (Å²) < 4.78 is 10.7. The van der Waals surface area contributed by atoms with Crippen LogP contribution in [0.4, 0.5) is 0 Å². The summed E-state index contributed by atoms with van der Waals surface area (Å²) in [6.07, 6.45) is 0.205. The van der Waals surface area contributed by atoms with Crippen LogP contribution in [0.2, 0.25) is 0 Å². The number of nitrogens with zero attached hydrogens (tertiary/aromatic N) is 2. The fourth-order valence-corrected chi connectivity index (χ4v) is 3.04. The summed E-state index contributed by atoms with van der Waals surface area (Å²) in [5.74, 6) is 0.845. The van der Waals surface area contributed by atoms with Crippen molar-refractivity contribution in [3.05, 3.63) is 59.7 Å². The largest absolute Gasteiger partial charge is 0.454 e. The van der Waals surface area contributed by atoms with E-state index in [1.165, 1.54) is 6.92 Å². The maximum Gasteiger partial charge on any atom is 0.242 e. The number of hydrogen-bond donors (Lipinski definition) is 1. The number of aliphatic hydroxyl groups is 1. The molecule has 122 valence electrons. The Morgan fingerprint density at radius 3 is 2.67 bits per heavy atom. The summed E-state index contributed by atoms with van der Waals surface area (Å²) >= 11 is 0. The van der Waals surface area contributed by atoms with Crippen molar-refractivity contribution in [1.82, 2.24) is 5.01 Å². The van der Waals surface area contributed by atoms with Crippen LogP contribution in [0, 0.1) is 0 Å². The van der Waals surface area contributed by atoms with Gasteiger partial charge in [-0.2, -0.15) is 10.1 Å². The lowest BCUT2D eigenvalue weighted by atomic mass is 9.94. The average Bonchev–Trinajstić information content (AvgIpc) is 3.20. The molecule has 24 heavy (non-hydrogen) atoms. The highest BCUT2D eigenvalue weighted by Gasteiger charge is 2.45. The van der Waals surface area contributed by atoms with Gasteiger partial charge in [-0.05, 0) is 17.7 Å². The van der Waals surface area contributed by atoms with Crippen molar-refractivity contribution in [3.8, 4) is 11.5 Å². The van der Waals surface area contributed by atoms with Crippen LogP contribution < -0.4 is 9.47 Å². The fourth-order valence-electron chi connectivity index (χ4n) is 3.04. The van der Waals surface area contributed by atoms with Crippen LogP contribution in [-0.2, 0) is 10.5 Å². The lowest BCUT2D eigenvalue weighted by molar-refractivity contribution is -0.155. The number of amides is 1. The molecule has 2 aromatic rings. The Labute approximate surface area is 138 Å². The van der Waals surface area contributed by atoms with E-state index >= 15 is 0 Å². The molecule has 1 N–H and O–H groups in total. The molecule has 0 aliphatic carbocycles. The molecule has 1 unspecified atom stereocenters. The highest BCUT2D eigenvalue weighted by atomic mass is 16.7. The third kappa shape index (κ3) is 2.23. The van der Waals surface area contributed by atoms with Gasteiger partial charge in [0, 0.05) is 18.9 Å². The number of carbonyl (C=O) groups is 1. The summed E-state index contributed by atoms with van der Waals surface area (Å²) in [7, 11) is 0. The Kier molecular flexibility index (Phi) is 3.28. The Morgan fingerprint density at radius 2 is 1.92 bits per heavy atom. The average molecular weight is 324 g/mol. The molecule has 2 heterocycles. The maximum atomic E-state index is 12.0. The smallest absolute Gasteiger partial charge is 0.242 e. The standard InChI is InChI=1S/C18H16N2O4/c1-12(21)20-18(22,10-15(19-20)13-5-3-2-4-6-13)14-7-8-16-17(9-14)24-11-23-16/h2-9,22H,10-11H2,1H3. The lowest BCUT2D eigenvalue weighted by Crippen LogP contribution is -2.42. The minimum atomic E-state index is -1.54. The number of carbonyl (C=O) groups excluding carboxylic acids is 1. The van der Waals surface area contributed by atoms with Gasteiger partial charge in [0.2, 0.25) is 12.7 Å². The molecule has 6 nitrogen and oxygen atoms in total. The molecule has 2 aliphatic heterocycles. The van der Waals surface area contributed by atoms with Gasteiger partial charge in [-0.15, -0.1) is 0 Å². The van der Waals surface area contributed by atoms with Gasteiger partial charge < -0.3 is 14.6 Å². The van der Waals surface area contributed by atoms with E-state index in [1.54, 1.807) is 18.2 Å². The van der Waals surface area contributed by atoms with Gasteiger partial charge in [0.1, 0.15) is 0 Å². The Morgan fingerprint density at radius 1 is 1.17 bits per heavy atom. The second kappa shape index (κ2) is 5.35. The first-order chi connectivity index (χ1) is 11.6. The normalized spacial score (nSPS) is 21.8. The van der Waals surface area contributed by atoms with Crippen LogP contribution in [0.1, 0.15) is 24.5 Å². The van der Waals surface area contributed by atoms with Gasteiger partial charge in [-0.25, -0.2) is 0 Å². The van der Waals surface area contributed by atoms with Gasteiger partial charge in [-0.1, -0.05) is 36.4 Å². The molecule has 1 amide bonds. The van der Waals surface area contributed by atoms with E-state index in [2.05, 4.69) is 5.10 Å². The Hall–Kier alpha value is -2.86. The van der Waals surface area contributed by atoms with Gasteiger partial charge in [-0.3, -0.25) is 4.79 Å². The molecule has 0 saturated carbocycles. The van der Waals surface area contributed by atoms with Crippen molar-refractivity contribution in [3.63, 3.8) is 0 Å². The van der Waals surface area contributed by atoms with E-state index in [-0.39, 0.29) is 19.1 Å². The molecule has 6 heteroatoms. The lowest BCUT2D eigenvalue weighted by Gasteiger charge is -2.30. The molecule has 0 radical (unpaired) electrons. The zero-order valence-electron chi connectivity index (χ0n) is 13.1. The Bertz CT molecular complexity index is 834. The first kappa shape index (κ1) is 14.7. The summed E-state index contributed by atoms with van der Waals surface area (Å²) in [6, 6.07) is 14.7. The molecule has 0 spiro atoms. The van der Waals surface area contributed by atoms with Crippen LogP contribution >= 0.6 is 0 Å². The molecule has 0 fully saturated rings. The summed E-state index contributed by atoms with van der Waals surface area (Å²) in [5.41, 5.74) is 0.529. The third-order valence-corrected chi connectivity index (χ3v) is 4.23. The van der Waals surface area contributed by atoms with Crippen molar-refractivity contribution in [2.75, 3.05) is 6.79 Å². The van der Waals surface area contributed by atoms with Crippen molar-refractivity contribution < 1.29 is 19.4 Å². The topological polar surface area (TPSA) is 71.4 Å². The van der Waals surface area contributed by atoms with Gasteiger partial charge in [0.25, 0.3) is 0 Å². The number of hydrogen-bond acceptors (Lipinski definition) is 5. The quantitative estimate of drug-likeness (QED) is 0.919. The number of fused-ring (bicyclic) bond motifs is 1. The predicted molar refractivity (Wildman–Crippen MR) is 86.6 cm³/mol. The predicted octanol–water partition coefficient (Wildman–Crippen LogP) is 2.22. The van der Waals surface area contributed by atoms with Crippen LogP contribution in [0.15, 0.2) is 53.6 Å². The molecule has 0 aromatic heterocycles. The highest BCUT2D eigenvalue weighted by Crippen LogP contribution is 2.41. The highest BCUT2D eigenvalue weighted by molar-refractivity contribution is 6.03. The van der Waals surface area contributed by atoms with Crippen LogP contribution in [0.3, 0.4) is 0 Å². The minimum Gasteiger partial charge on any atom is -0.454 e. The van der Waals surface area contributed by atoms with Crippen molar-refractivity contribution in [2.45, 2.75) is 19.1 Å². The van der Waals surface area contributed by atoms with E-state index in [9.17, 15) is 9.90 Å².